The SMILES string of the molecule is CC1NCCCC1NC(=O)C1CCC(NC(=O)CC2CCCCC2)CC1. The molecular weight excluding hydrogens is 326 g/mol. The first-order valence-electron chi connectivity index (χ1n) is 10.9. The van der Waals surface area contributed by atoms with E-state index in [1.54, 1.807) is 0 Å². The fraction of sp³-hybridized carbons (Fsp3) is 0.905. The van der Waals surface area contributed by atoms with Crippen molar-refractivity contribution in [1.29, 1.82) is 0 Å². The molecule has 3 N–H and O–H groups in total. The van der Waals surface area contributed by atoms with Crippen molar-refractivity contribution in [2.45, 2.75) is 102 Å². The van der Waals surface area contributed by atoms with Gasteiger partial charge in [-0.25, -0.2) is 0 Å². The average molecular weight is 364 g/mol. The van der Waals surface area contributed by atoms with Gasteiger partial charge in [-0.3, -0.25) is 9.59 Å². The quantitative estimate of drug-likeness (QED) is 0.703. The highest BCUT2D eigenvalue weighted by atomic mass is 16.2. The molecule has 3 rings (SSSR count). The predicted octanol–water partition coefficient (Wildman–Crippen LogP) is 2.89. The summed E-state index contributed by atoms with van der Waals surface area (Å²) in [5, 5.41) is 9.93. The van der Waals surface area contributed by atoms with E-state index >= 15 is 0 Å². The van der Waals surface area contributed by atoms with Crippen LogP contribution >= 0.6 is 0 Å². The van der Waals surface area contributed by atoms with Crippen molar-refractivity contribution in [3.63, 3.8) is 0 Å². The van der Waals surface area contributed by atoms with E-state index in [1.807, 2.05) is 0 Å². The van der Waals surface area contributed by atoms with Crippen LogP contribution in [0.2, 0.25) is 0 Å². The average Bonchev–Trinajstić information content (AvgIpc) is 2.65. The number of piperidine rings is 1. The third-order valence-electron chi connectivity index (χ3n) is 6.75. The van der Waals surface area contributed by atoms with Gasteiger partial charge in [-0.2, -0.15) is 0 Å². The van der Waals surface area contributed by atoms with E-state index in [-0.39, 0.29) is 29.8 Å². The minimum atomic E-state index is 0.121. The summed E-state index contributed by atoms with van der Waals surface area (Å²) in [6.07, 6.45) is 12.9. The second-order valence-corrected chi connectivity index (χ2v) is 8.82. The van der Waals surface area contributed by atoms with Crippen molar-refractivity contribution in [3.8, 4) is 0 Å². The first-order valence-corrected chi connectivity index (χ1v) is 10.9. The third-order valence-corrected chi connectivity index (χ3v) is 6.75. The molecule has 5 nitrogen and oxygen atoms in total. The van der Waals surface area contributed by atoms with E-state index in [1.165, 1.54) is 32.1 Å². The first-order chi connectivity index (χ1) is 12.6. The van der Waals surface area contributed by atoms with E-state index in [9.17, 15) is 9.59 Å². The Kier molecular flexibility index (Phi) is 7.35. The molecule has 1 aliphatic heterocycles. The van der Waals surface area contributed by atoms with Gasteiger partial charge in [0, 0.05) is 30.5 Å². The summed E-state index contributed by atoms with van der Waals surface area (Å²) in [7, 11) is 0. The fourth-order valence-electron chi connectivity index (χ4n) is 4.98. The molecule has 26 heavy (non-hydrogen) atoms. The number of carbonyl (C=O) groups excluding carboxylic acids is 2. The number of amides is 2. The molecule has 2 amide bonds. The lowest BCUT2D eigenvalue weighted by Crippen LogP contribution is -2.53. The van der Waals surface area contributed by atoms with Gasteiger partial charge in [0.05, 0.1) is 0 Å². The van der Waals surface area contributed by atoms with Gasteiger partial charge in [-0.05, 0) is 70.8 Å². The molecular formula is C21H37N3O2. The Labute approximate surface area is 158 Å². The molecule has 2 saturated carbocycles. The zero-order chi connectivity index (χ0) is 18.4. The van der Waals surface area contributed by atoms with Gasteiger partial charge in [0.25, 0.3) is 0 Å². The Morgan fingerprint density at radius 1 is 0.885 bits per heavy atom. The summed E-state index contributed by atoms with van der Waals surface area (Å²) in [6.45, 7) is 3.21. The summed E-state index contributed by atoms with van der Waals surface area (Å²) in [5.41, 5.74) is 0. The van der Waals surface area contributed by atoms with Crippen molar-refractivity contribution in [1.82, 2.24) is 16.0 Å². The molecule has 1 heterocycles. The molecule has 0 spiro atoms. The molecule has 2 unspecified atom stereocenters. The Morgan fingerprint density at radius 2 is 1.62 bits per heavy atom. The molecule has 0 aromatic heterocycles. The Hall–Kier alpha value is -1.10. The number of rotatable bonds is 5. The monoisotopic (exact) mass is 363 g/mol. The Bertz CT molecular complexity index is 468. The maximum atomic E-state index is 12.6. The first kappa shape index (κ1) is 19.7. The minimum absolute atomic E-state index is 0.121. The van der Waals surface area contributed by atoms with Gasteiger partial charge in [0.1, 0.15) is 0 Å². The Balaban J connectivity index is 1.35. The molecule has 3 fully saturated rings. The number of hydrogen-bond acceptors (Lipinski definition) is 3. The van der Waals surface area contributed by atoms with Gasteiger partial charge in [-0.15, -0.1) is 0 Å². The highest BCUT2D eigenvalue weighted by molar-refractivity contribution is 5.79. The van der Waals surface area contributed by atoms with Crippen LogP contribution in [-0.4, -0.2) is 36.5 Å². The topological polar surface area (TPSA) is 70.2 Å². The van der Waals surface area contributed by atoms with Crippen molar-refractivity contribution in [3.05, 3.63) is 0 Å². The lowest BCUT2D eigenvalue weighted by molar-refractivity contribution is -0.127. The maximum Gasteiger partial charge on any atom is 0.223 e. The second-order valence-electron chi connectivity index (χ2n) is 8.82. The van der Waals surface area contributed by atoms with E-state index in [0.717, 1.165) is 45.1 Å². The van der Waals surface area contributed by atoms with Crippen LogP contribution in [0.15, 0.2) is 0 Å². The van der Waals surface area contributed by atoms with Crippen LogP contribution in [-0.2, 0) is 9.59 Å². The van der Waals surface area contributed by atoms with Crippen LogP contribution in [0.1, 0.15) is 84.0 Å². The summed E-state index contributed by atoms with van der Waals surface area (Å²) < 4.78 is 0. The number of nitrogens with one attached hydrogen (secondary N) is 3. The van der Waals surface area contributed by atoms with E-state index in [0.29, 0.717) is 18.4 Å². The smallest absolute Gasteiger partial charge is 0.223 e. The molecule has 5 heteroatoms. The van der Waals surface area contributed by atoms with Crippen LogP contribution in [0.5, 0.6) is 0 Å². The highest BCUT2D eigenvalue weighted by Crippen LogP contribution is 2.28. The summed E-state index contributed by atoms with van der Waals surface area (Å²) in [6, 6.07) is 0.901. The summed E-state index contributed by atoms with van der Waals surface area (Å²) >= 11 is 0. The molecule has 0 bridgehead atoms. The van der Waals surface area contributed by atoms with Crippen molar-refractivity contribution < 1.29 is 9.59 Å². The third kappa shape index (κ3) is 5.70. The zero-order valence-corrected chi connectivity index (χ0v) is 16.4. The Morgan fingerprint density at radius 3 is 2.31 bits per heavy atom. The van der Waals surface area contributed by atoms with Gasteiger partial charge in [0.2, 0.25) is 11.8 Å². The molecule has 3 aliphatic rings. The lowest BCUT2D eigenvalue weighted by atomic mass is 9.84. The fourth-order valence-corrected chi connectivity index (χ4v) is 4.98. The van der Waals surface area contributed by atoms with Crippen LogP contribution in [0.3, 0.4) is 0 Å². The van der Waals surface area contributed by atoms with E-state index < -0.39 is 0 Å². The van der Waals surface area contributed by atoms with Crippen LogP contribution < -0.4 is 16.0 Å². The van der Waals surface area contributed by atoms with Crippen LogP contribution in [0.25, 0.3) is 0 Å². The highest BCUT2D eigenvalue weighted by Gasteiger charge is 2.30. The molecule has 148 valence electrons. The molecule has 2 atom stereocenters. The molecule has 2 aliphatic carbocycles. The van der Waals surface area contributed by atoms with Gasteiger partial charge < -0.3 is 16.0 Å². The van der Waals surface area contributed by atoms with E-state index in [4.69, 9.17) is 0 Å². The molecule has 0 radical (unpaired) electrons. The largest absolute Gasteiger partial charge is 0.353 e. The molecule has 0 aromatic carbocycles. The predicted molar refractivity (Wildman–Crippen MR) is 104 cm³/mol. The van der Waals surface area contributed by atoms with Crippen molar-refractivity contribution >= 4 is 11.8 Å². The lowest BCUT2D eigenvalue weighted by Gasteiger charge is -2.34. The van der Waals surface area contributed by atoms with Crippen LogP contribution in [0.4, 0.5) is 0 Å². The van der Waals surface area contributed by atoms with Crippen LogP contribution in [0, 0.1) is 11.8 Å². The standard InChI is InChI=1S/C21H37N3O2/c1-15-19(8-5-13-22-15)24-21(26)17-9-11-18(12-10-17)23-20(25)14-16-6-3-2-4-7-16/h15-19,22H,2-14H2,1H3,(H,23,25)(H,24,26). The van der Waals surface area contributed by atoms with Gasteiger partial charge >= 0.3 is 0 Å². The number of hydrogen-bond donors (Lipinski definition) is 3. The maximum absolute atomic E-state index is 12.6. The second kappa shape index (κ2) is 9.72. The zero-order valence-electron chi connectivity index (χ0n) is 16.4. The summed E-state index contributed by atoms with van der Waals surface area (Å²) in [5.74, 6) is 1.16. The molecule has 1 saturated heterocycles. The van der Waals surface area contributed by atoms with Gasteiger partial charge in [-0.1, -0.05) is 19.3 Å². The molecule has 0 aromatic rings. The van der Waals surface area contributed by atoms with Crippen molar-refractivity contribution in [2.75, 3.05) is 6.54 Å². The minimum Gasteiger partial charge on any atom is -0.353 e. The van der Waals surface area contributed by atoms with Gasteiger partial charge in [0.15, 0.2) is 0 Å². The number of carbonyl (C=O) groups is 2. The van der Waals surface area contributed by atoms with E-state index in [2.05, 4.69) is 22.9 Å². The van der Waals surface area contributed by atoms with Crippen molar-refractivity contribution in [2.24, 2.45) is 11.8 Å². The normalized spacial score (nSPS) is 33.4. The summed E-state index contributed by atoms with van der Waals surface area (Å²) in [4.78, 5) is 24.9.